The van der Waals surface area contributed by atoms with E-state index in [0.717, 1.165) is 31.2 Å². The third kappa shape index (κ3) is 6.04. The molecule has 0 saturated carbocycles. The Labute approximate surface area is 135 Å². The Hall–Kier alpha value is -1.25. The number of halogens is 2. The van der Waals surface area contributed by atoms with Crippen molar-refractivity contribution in [3.63, 3.8) is 0 Å². The molecule has 0 spiro atoms. The number of ether oxygens (including phenoxy) is 1. The summed E-state index contributed by atoms with van der Waals surface area (Å²) in [5.41, 5.74) is 0.852. The highest BCUT2D eigenvalue weighted by Crippen LogP contribution is 2.15. The lowest BCUT2D eigenvalue weighted by molar-refractivity contribution is -0.0498. The Morgan fingerprint density at radius 3 is 2.26 bits per heavy atom. The lowest BCUT2D eigenvalue weighted by atomic mass is 10.1. The van der Waals surface area contributed by atoms with Crippen molar-refractivity contribution in [2.24, 2.45) is 0 Å². The van der Waals surface area contributed by atoms with Crippen molar-refractivity contribution in [2.45, 2.75) is 38.7 Å². The van der Waals surface area contributed by atoms with Gasteiger partial charge in [-0.3, -0.25) is 0 Å². The molecule has 2 rings (SSSR count). The van der Waals surface area contributed by atoms with Crippen LogP contribution in [0.4, 0.5) is 8.78 Å². The maximum Gasteiger partial charge on any atom is 0.387 e. The number of hydrogen-bond donors (Lipinski definition) is 1. The molecule has 0 atom stereocenters. The second kappa shape index (κ2) is 8.56. The number of nitrogens with zero attached hydrogens (tertiary/aromatic N) is 1. The molecular formula is C15H22F2N2O3S. The van der Waals surface area contributed by atoms with Crippen molar-refractivity contribution in [1.29, 1.82) is 0 Å². The highest BCUT2D eigenvalue weighted by Gasteiger charge is 2.22. The van der Waals surface area contributed by atoms with Crippen molar-refractivity contribution < 1.29 is 21.9 Å². The van der Waals surface area contributed by atoms with E-state index in [-0.39, 0.29) is 12.3 Å². The number of nitrogens with one attached hydrogen (secondary N) is 1. The average Bonchev–Trinajstić information content (AvgIpc) is 2.78. The van der Waals surface area contributed by atoms with Gasteiger partial charge in [0.25, 0.3) is 10.2 Å². The van der Waals surface area contributed by atoms with Gasteiger partial charge in [0.05, 0.1) is 0 Å². The minimum Gasteiger partial charge on any atom is -0.435 e. The van der Waals surface area contributed by atoms with E-state index in [4.69, 9.17) is 0 Å². The van der Waals surface area contributed by atoms with Gasteiger partial charge in [-0.25, -0.2) is 4.72 Å². The highest BCUT2D eigenvalue weighted by molar-refractivity contribution is 7.87. The maximum absolute atomic E-state index is 12.2. The fourth-order valence-corrected chi connectivity index (χ4v) is 3.82. The van der Waals surface area contributed by atoms with Gasteiger partial charge in [0.1, 0.15) is 5.75 Å². The fourth-order valence-electron chi connectivity index (χ4n) is 2.54. The molecule has 1 saturated heterocycles. The lowest BCUT2D eigenvalue weighted by Gasteiger charge is -2.20. The van der Waals surface area contributed by atoms with E-state index >= 15 is 0 Å². The molecule has 0 radical (unpaired) electrons. The van der Waals surface area contributed by atoms with Gasteiger partial charge < -0.3 is 4.74 Å². The molecule has 1 heterocycles. The molecule has 130 valence electrons. The molecule has 0 aliphatic carbocycles. The van der Waals surface area contributed by atoms with Crippen molar-refractivity contribution in [3.05, 3.63) is 29.8 Å². The van der Waals surface area contributed by atoms with Crippen LogP contribution in [0.1, 0.15) is 31.2 Å². The Kier molecular flexibility index (Phi) is 6.73. The first-order valence-corrected chi connectivity index (χ1v) is 9.20. The van der Waals surface area contributed by atoms with Crippen molar-refractivity contribution in [1.82, 2.24) is 9.03 Å². The summed E-state index contributed by atoms with van der Waals surface area (Å²) in [6.45, 7) is -1.45. The Balaban J connectivity index is 1.81. The highest BCUT2D eigenvalue weighted by atomic mass is 32.2. The molecule has 0 bridgehead atoms. The summed E-state index contributed by atoms with van der Waals surface area (Å²) in [6, 6.07) is 6.20. The van der Waals surface area contributed by atoms with Crippen LogP contribution in [0.5, 0.6) is 5.75 Å². The summed E-state index contributed by atoms with van der Waals surface area (Å²) in [5.74, 6) is 0.0916. The summed E-state index contributed by atoms with van der Waals surface area (Å²) in [4.78, 5) is 0. The molecule has 1 fully saturated rings. The van der Waals surface area contributed by atoms with Crippen molar-refractivity contribution in [2.75, 3.05) is 19.6 Å². The maximum atomic E-state index is 12.2. The topological polar surface area (TPSA) is 58.6 Å². The normalized spacial score (nSPS) is 17.2. The van der Waals surface area contributed by atoms with Crippen LogP contribution in [0.2, 0.25) is 0 Å². The molecule has 1 aliphatic heterocycles. The van der Waals surface area contributed by atoms with Crippen LogP contribution in [0.3, 0.4) is 0 Å². The van der Waals surface area contributed by atoms with Crippen LogP contribution in [0.15, 0.2) is 24.3 Å². The smallest absolute Gasteiger partial charge is 0.387 e. The first-order valence-electron chi connectivity index (χ1n) is 7.76. The molecule has 1 aromatic rings. The van der Waals surface area contributed by atoms with E-state index in [9.17, 15) is 17.2 Å². The van der Waals surface area contributed by atoms with Gasteiger partial charge in [-0.15, -0.1) is 0 Å². The summed E-state index contributed by atoms with van der Waals surface area (Å²) in [6.07, 6.45) is 4.42. The van der Waals surface area contributed by atoms with Crippen LogP contribution in [-0.2, 0) is 16.6 Å². The van der Waals surface area contributed by atoms with E-state index in [1.54, 1.807) is 12.1 Å². The molecule has 23 heavy (non-hydrogen) atoms. The largest absolute Gasteiger partial charge is 0.435 e. The van der Waals surface area contributed by atoms with E-state index in [0.29, 0.717) is 19.5 Å². The van der Waals surface area contributed by atoms with Crippen LogP contribution in [0, 0.1) is 0 Å². The zero-order chi connectivity index (χ0) is 16.7. The molecule has 0 amide bonds. The Bertz CT molecular complexity index is 571. The fraction of sp³-hybridized carbons (Fsp3) is 0.600. The van der Waals surface area contributed by atoms with Crippen LogP contribution < -0.4 is 9.46 Å². The third-order valence-corrected chi connectivity index (χ3v) is 5.37. The SMILES string of the molecule is O=S(=O)(NCCc1ccc(OC(F)F)cc1)N1CCCCCC1. The van der Waals surface area contributed by atoms with E-state index in [1.165, 1.54) is 16.4 Å². The minimum atomic E-state index is -3.44. The Morgan fingerprint density at radius 1 is 1.09 bits per heavy atom. The zero-order valence-electron chi connectivity index (χ0n) is 12.9. The third-order valence-electron chi connectivity index (χ3n) is 3.75. The van der Waals surface area contributed by atoms with Crippen molar-refractivity contribution >= 4 is 10.2 Å². The standard InChI is InChI=1S/C15H22F2N2O3S/c16-15(17)22-14-7-5-13(6-8-14)9-10-18-23(20,21)19-11-3-1-2-4-12-19/h5-8,15,18H,1-4,9-12H2. The quantitative estimate of drug-likeness (QED) is 0.824. The second-order valence-electron chi connectivity index (χ2n) is 5.49. The Morgan fingerprint density at radius 2 is 1.70 bits per heavy atom. The van der Waals surface area contributed by atoms with Gasteiger partial charge in [-0.1, -0.05) is 25.0 Å². The van der Waals surface area contributed by atoms with Gasteiger partial charge in [-0.05, 0) is 37.0 Å². The minimum absolute atomic E-state index is 0.0916. The van der Waals surface area contributed by atoms with Gasteiger partial charge in [0.15, 0.2) is 0 Å². The zero-order valence-corrected chi connectivity index (χ0v) is 13.7. The lowest BCUT2D eigenvalue weighted by Crippen LogP contribution is -2.41. The average molecular weight is 348 g/mol. The molecule has 0 aromatic heterocycles. The van der Waals surface area contributed by atoms with Crippen LogP contribution >= 0.6 is 0 Å². The molecule has 8 heteroatoms. The number of benzene rings is 1. The molecule has 1 aliphatic rings. The predicted molar refractivity (Wildman–Crippen MR) is 83.7 cm³/mol. The van der Waals surface area contributed by atoms with Gasteiger partial charge in [0, 0.05) is 19.6 Å². The number of rotatable bonds is 7. The summed E-state index contributed by atoms with van der Waals surface area (Å²) < 4.78 is 56.9. The number of alkyl halides is 2. The monoisotopic (exact) mass is 348 g/mol. The first kappa shape index (κ1) is 18.1. The van der Waals surface area contributed by atoms with Gasteiger partial charge in [-0.2, -0.15) is 21.5 Å². The number of hydrogen-bond acceptors (Lipinski definition) is 3. The van der Waals surface area contributed by atoms with Gasteiger partial charge in [0.2, 0.25) is 0 Å². The molecule has 1 N–H and O–H groups in total. The molecule has 5 nitrogen and oxygen atoms in total. The summed E-state index contributed by atoms with van der Waals surface area (Å²) in [5, 5.41) is 0. The van der Waals surface area contributed by atoms with Crippen molar-refractivity contribution in [3.8, 4) is 5.75 Å². The summed E-state index contributed by atoms with van der Waals surface area (Å²) in [7, 11) is -3.44. The molecule has 0 unspecified atom stereocenters. The van der Waals surface area contributed by atoms with E-state index in [2.05, 4.69) is 9.46 Å². The van der Waals surface area contributed by atoms with E-state index < -0.39 is 16.8 Å². The second-order valence-corrected chi connectivity index (χ2v) is 7.24. The van der Waals surface area contributed by atoms with E-state index in [1.807, 2.05) is 0 Å². The predicted octanol–water partition coefficient (Wildman–Crippen LogP) is 2.54. The first-order chi connectivity index (χ1) is 11.0. The van der Waals surface area contributed by atoms with Crippen LogP contribution in [0.25, 0.3) is 0 Å². The van der Waals surface area contributed by atoms with Gasteiger partial charge >= 0.3 is 6.61 Å². The molecular weight excluding hydrogens is 326 g/mol. The van der Waals surface area contributed by atoms with Crippen LogP contribution in [-0.4, -0.2) is 39.0 Å². The summed E-state index contributed by atoms with van der Waals surface area (Å²) >= 11 is 0. The molecule has 1 aromatic carbocycles.